The topological polar surface area (TPSA) is 64.1 Å². The Morgan fingerprint density at radius 1 is 1.38 bits per heavy atom. The number of carbonyl (C=O) groups excluding carboxylic acids is 1. The van der Waals surface area contributed by atoms with Crippen LogP contribution in [-0.2, 0) is 16.0 Å². The number of rotatable bonds is 6. The molecule has 0 aliphatic rings. The van der Waals surface area contributed by atoms with E-state index in [0.717, 1.165) is 28.3 Å². The molecule has 2 aromatic heterocycles. The molecule has 6 heteroatoms. The lowest BCUT2D eigenvalue weighted by atomic mass is 10.2. The molecule has 21 heavy (non-hydrogen) atoms. The summed E-state index contributed by atoms with van der Waals surface area (Å²) >= 11 is 1.60. The molecule has 5 nitrogen and oxygen atoms in total. The Morgan fingerprint density at radius 3 is 2.81 bits per heavy atom. The van der Waals surface area contributed by atoms with E-state index in [0.29, 0.717) is 6.54 Å². The van der Waals surface area contributed by atoms with Gasteiger partial charge in [-0.05, 0) is 25.3 Å². The van der Waals surface area contributed by atoms with E-state index in [1.807, 2.05) is 39.1 Å². The zero-order chi connectivity index (χ0) is 15.4. The van der Waals surface area contributed by atoms with Crippen molar-refractivity contribution < 1.29 is 9.53 Å². The SMILES string of the molecule is CCc1nc(NCC(C)C(=O)OC(C)C)c2ccsc2n1. The third kappa shape index (κ3) is 3.91. The number of fused-ring (bicyclic) bond motifs is 1. The quantitative estimate of drug-likeness (QED) is 0.830. The van der Waals surface area contributed by atoms with Gasteiger partial charge in [0.05, 0.1) is 17.4 Å². The van der Waals surface area contributed by atoms with Crippen LogP contribution in [0.1, 0.15) is 33.5 Å². The van der Waals surface area contributed by atoms with Gasteiger partial charge in [-0.2, -0.15) is 0 Å². The molecule has 0 saturated heterocycles. The first kappa shape index (κ1) is 15.7. The Kier molecular flexibility index (Phi) is 5.12. The summed E-state index contributed by atoms with van der Waals surface area (Å²) in [6, 6.07) is 2.00. The summed E-state index contributed by atoms with van der Waals surface area (Å²) < 4.78 is 5.21. The lowest BCUT2D eigenvalue weighted by molar-refractivity contribution is -0.151. The minimum atomic E-state index is -0.221. The zero-order valence-electron chi connectivity index (χ0n) is 12.8. The van der Waals surface area contributed by atoms with E-state index in [2.05, 4.69) is 15.3 Å². The minimum absolute atomic E-state index is 0.0886. The number of hydrogen-bond acceptors (Lipinski definition) is 6. The average Bonchev–Trinajstić information content (AvgIpc) is 2.91. The molecule has 0 fully saturated rings. The van der Waals surface area contributed by atoms with E-state index >= 15 is 0 Å². The van der Waals surface area contributed by atoms with Gasteiger partial charge in [-0.25, -0.2) is 9.97 Å². The van der Waals surface area contributed by atoms with E-state index in [-0.39, 0.29) is 18.0 Å². The molecular weight excluding hydrogens is 286 g/mol. The first-order valence-corrected chi connectivity index (χ1v) is 8.07. The van der Waals surface area contributed by atoms with E-state index in [1.165, 1.54) is 0 Å². The fourth-order valence-corrected chi connectivity index (χ4v) is 2.66. The molecule has 114 valence electrons. The number of hydrogen-bond donors (Lipinski definition) is 1. The van der Waals surface area contributed by atoms with Crippen molar-refractivity contribution in [1.82, 2.24) is 9.97 Å². The number of aromatic nitrogens is 2. The van der Waals surface area contributed by atoms with Crippen molar-refractivity contribution in [2.24, 2.45) is 5.92 Å². The smallest absolute Gasteiger partial charge is 0.310 e. The van der Waals surface area contributed by atoms with E-state index in [9.17, 15) is 4.79 Å². The number of nitrogens with one attached hydrogen (secondary N) is 1. The lowest BCUT2D eigenvalue weighted by Gasteiger charge is -2.15. The number of ether oxygens (including phenoxy) is 1. The number of anilines is 1. The summed E-state index contributed by atoms with van der Waals surface area (Å²) in [5, 5.41) is 6.26. The second-order valence-electron chi connectivity index (χ2n) is 5.25. The molecule has 0 bridgehead atoms. The van der Waals surface area contributed by atoms with Crippen LogP contribution in [-0.4, -0.2) is 28.6 Å². The van der Waals surface area contributed by atoms with Gasteiger partial charge in [0.15, 0.2) is 0 Å². The van der Waals surface area contributed by atoms with Gasteiger partial charge in [0.1, 0.15) is 16.5 Å². The molecule has 1 unspecified atom stereocenters. The lowest BCUT2D eigenvalue weighted by Crippen LogP contribution is -2.25. The molecule has 2 heterocycles. The molecule has 0 radical (unpaired) electrons. The molecule has 0 amide bonds. The van der Waals surface area contributed by atoms with Gasteiger partial charge in [-0.1, -0.05) is 13.8 Å². The van der Waals surface area contributed by atoms with Crippen LogP contribution in [0.4, 0.5) is 5.82 Å². The summed E-state index contributed by atoms with van der Waals surface area (Å²) in [4.78, 5) is 21.8. The Labute approximate surface area is 128 Å². The molecule has 0 aliphatic heterocycles. The van der Waals surface area contributed by atoms with Gasteiger partial charge >= 0.3 is 5.97 Å². The largest absolute Gasteiger partial charge is 0.463 e. The number of esters is 1. The van der Waals surface area contributed by atoms with Crippen molar-refractivity contribution in [3.8, 4) is 0 Å². The Hall–Kier alpha value is -1.69. The maximum atomic E-state index is 11.8. The van der Waals surface area contributed by atoms with Crippen LogP contribution in [0, 0.1) is 5.92 Å². The van der Waals surface area contributed by atoms with Gasteiger partial charge in [0.2, 0.25) is 0 Å². The van der Waals surface area contributed by atoms with Crippen molar-refractivity contribution in [2.75, 3.05) is 11.9 Å². The van der Waals surface area contributed by atoms with Crippen molar-refractivity contribution in [3.63, 3.8) is 0 Å². The molecule has 1 atom stereocenters. The third-order valence-corrected chi connectivity index (χ3v) is 3.82. The predicted molar refractivity (Wildman–Crippen MR) is 85.7 cm³/mol. The van der Waals surface area contributed by atoms with Crippen LogP contribution < -0.4 is 5.32 Å². The fraction of sp³-hybridized carbons (Fsp3) is 0.533. The normalized spacial score (nSPS) is 12.6. The van der Waals surface area contributed by atoms with Crippen LogP contribution in [0.15, 0.2) is 11.4 Å². The average molecular weight is 307 g/mol. The molecule has 0 aromatic carbocycles. The van der Waals surface area contributed by atoms with Crippen LogP contribution in [0.25, 0.3) is 10.2 Å². The number of thiophene rings is 1. The van der Waals surface area contributed by atoms with Crippen LogP contribution >= 0.6 is 11.3 Å². The van der Waals surface area contributed by atoms with Crippen LogP contribution in [0.5, 0.6) is 0 Å². The van der Waals surface area contributed by atoms with Gasteiger partial charge in [-0.15, -0.1) is 11.3 Å². The zero-order valence-corrected chi connectivity index (χ0v) is 13.7. The van der Waals surface area contributed by atoms with E-state index in [4.69, 9.17) is 4.74 Å². The predicted octanol–water partition coefficient (Wildman–Crippen LogP) is 3.25. The van der Waals surface area contributed by atoms with Gasteiger partial charge < -0.3 is 10.1 Å². The highest BCUT2D eigenvalue weighted by atomic mass is 32.1. The van der Waals surface area contributed by atoms with Crippen molar-refractivity contribution in [2.45, 2.75) is 40.2 Å². The summed E-state index contributed by atoms with van der Waals surface area (Å²) in [6.07, 6.45) is 0.697. The number of nitrogens with zero attached hydrogens (tertiary/aromatic N) is 2. The Balaban J connectivity index is 2.09. The van der Waals surface area contributed by atoms with Crippen molar-refractivity contribution in [1.29, 1.82) is 0 Å². The second-order valence-corrected chi connectivity index (χ2v) is 6.14. The van der Waals surface area contributed by atoms with E-state index < -0.39 is 0 Å². The highest BCUT2D eigenvalue weighted by Gasteiger charge is 2.17. The highest BCUT2D eigenvalue weighted by Crippen LogP contribution is 2.25. The number of aryl methyl sites for hydroxylation is 1. The Bertz CT molecular complexity index is 624. The standard InChI is InChI=1S/C15H21N3O2S/c1-5-12-17-13(11-6-7-21-14(11)18-12)16-8-10(4)15(19)20-9(2)3/h6-7,9-10H,5,8H2,1-4H3,(H,16,17,18). The molecule has 2 rings (SSSR count). The number of carbonyl (C=O) groups is 1. The summed E-state index contributed by atoms with van der Waals surface area (Å²) in [5.41, 5.74) is 0. The summed E-state index contributed by atoms with van der Waals surface area (Å²) in [6.45, 7) is 8.08. The van der Waals surface area contributed by atoms with Gasteiger partial charge in [-0.3, -0.25) is 4.79 Å². The van der Waals surface area contributed by atoms with Crippen LogP contribution in [0.3, 0.4) is 0 Å². The molecule has 1 N–H and O–H groups in total. The molecule has 2 aromatic rings. The summed E-state index contributed by atoms with van der Waals surface area (Å²) in [5.74, 6) is 1.19. The molecule has 0 spiro atoms. The fourth-order valence-electron chi connectivity index (χ4n) is 1.87. The highest BCUT2D eigenvalue weighted by molar-refractivity contribution is 7.16. The molecule has 0 aliphatic carbocycles. The second kappa shape index (κ2) is 6.85. The van der Waals surface area contributed by atoms with Crippen molar-refractivity contribution in [3.05, 3.63) is 17.3 Å². The molecule has 0 saturated carbocycles. The summed E-state index contributed by atoms with van der Waals surface area (Å²) in [7, 11) is 0. The van der Waals surface area contributed by atoms with Crippen LogP contribution in [0.2, 0.25) is 0 Å². The molecular formula is C15H21N3O2S. The van der Waals surface area contributed by atoms with Crippen molar-refractivity contribution >= 4 is 33.3 Å². The third-order valence-electron chi connectivity index (χ3n) is 3.02. The maximum absolute atomic E-state index is 11.8. The van der Waals surface area contributed by atoms with E-state index in [1.54, 1.807) is 11.3 Å². The monoisotopic (exact) mass is 307 g/mol. The first-order valence-electron chi connectivity index (χ1n) is 7.19. The Morgan fingerprint density at radius 2 is 2.14 bits per heavy atom. The minimum Gasteiger partial charge on any atom is -0.463 e. The van der Waals surface area contributed by atoms with Gasteiger partial charge in [0.25, 0.3) is 0 Å². The first-order chi connectivity index (χ1) is 10.0. The maximum Gasteiger partial charge on any atom is 0.310 e. The van der Waals surface area contributed by atoms with Gasteiger partial charge in [0, 0.05) is 13.0 Å².